The molecule has 1 saturated carbocycles. The molecule has 9 heteroatoms. The number of thiazole rings is 1. The van der Waals surface area contributed by atoms with Gasteiger partial charge in [-0.05, 0) is 25.0 Å². The van der Waals surface area contributed by atoms with Crippen molar-refractivity contribution in [1.29, 1.82) is 0 Å². The van der Waals surface area contributed by atoms with Crippen molar-refractivity contribution in [2.45, 2.75) is 56.1 Å². The first-order valence-corrected chi connectivity index (χ1v) is 11.8. The standard InChI is InChI=1S/C21H30N6O2S/c22-13-5-1-2-6-14(13)23-18-17(20-24-15-7-3-4-8-16(15)30-20)19(28)26-21(25-18)27-9-11-29-12-10-27/h3-4,7-8,13-14,17-18,21,23,25H,1-2,5-6,9-12,22H2,(H,26,28). The van der Waals surface area contributed by atoms with E-state index >= 15 is 0 Å². The van der Waals surface area contributed by atoms with Crippen molar-refractivity contribution in [3.8, 4) is 0 Å². The highest BCUT2D eigenvalue weighted by atomic mass is 32.1. The predicted octanol–water partition coefficient (Wildman–Crippen LogP) is 0.901. The molecule has 3 aliphatic rings. The first-order chi connectivity index (χ1) is 14.7. The summed E-state index contributed by atoms with van der Waals surface area (Å²) in [5.41, 5.74) is 7.36. The summed E-state index contributed by atoms with van der Waals surface area (Å²) < 4.78 is 6.58. The van der Waals surface area contributed by atoms with E-state index in [1.54, 1.807) is 11.3 Å². The average Bonchev–Trinajstić information content (AvgIpc) is 3.19. The summed E-state index contributed by atoms with van der Waals surface area (Å²) in [6.07, 6.45) is 3.97. The fourth-order valence-electron chi connectivity index (χ4n) is 4.74. The molecule has 1 amide bonds. The topological polar surface area (TPSA) is 105 Å². The number of fused-ring (bicyclic) bond motifs is 1. The summed E-state index contributed by atoms with van der Waals surface area (Å²) in [7, 11) is 0. The Hall–Kier alpha value is -1.62. The van der Waals surface area contributed by atoms with Crippen LogP contribution in [0.5, 0.6) is 0 Å². The Kier molecular flexibility index (Phi) is 5.99. The highest BCUT2D eigenvalue weighted by molar-refractivity contribution is 7.18. The van der Waals surface area contributed by atoms with Crippen molar-refractivity contribution >= 4 is 27.5 Å². The van der Waals surface area contributed by atoms with Gasteiger partial charge in [0.2, 0.25) is 5.91 Å². The molecule has 8 nitrogen and oxygen atoms in total. The van der Waals surface area contributed by atoms with Gasteiger partial charge in [-0.1, -0.05) is 25.0 Å². The zero-order chi connectivity index (χ0) is 20.5. The largest absolute Gasteiger partial charge is 0.379 e. The van der Waals surface area contributed by atoms with Crippen LogP contribution in [0.1, 0.15) is 36.6 Å². The molecule has 5 N–H and O–H groups in total. The van der Waals surface area contributed by atoms with Crippen LogP contribution in [0.25, 0.3) is 10.2 Å². The summed E-state index contributed by atoms with van der Waals surface area (Å²) >= 11 is 1.59. The zero-order valence-electron chi connectivity index (χ0n) is 17.0. The molecule has 1 aromatic heterocycles. The lowest BCUT2D eigenvalue weighted by molar-refractivity contribution is -0.131. The maximum atomic E-state index is 13.3. The molecule has 5 unspecified atom stereocenters. The summed E-state index contributed by atoms with van der Waals surface area (Å²) in [6.45, 7) is 2.95. The van der Waals surface area contributed by atoms with Gasteiger partial charge in [-0.25, -0.2) is 4.98 Å². The van der Waals surface area contributed by atoms with Crippen molar-refractivity contribution in [2.75, 3.05) is 26.3 Å². The number of aromatic nitrogens is 1. The minimum absolute atomic E-state index is 0.00572. The number of amides is 1. The number of ether oxygens (including phenoxy) is 1. The van der Waals surface area contributed by atoms with E-state index in [0.717, 1.165) is 41.2 Å². The van der Waals surface area contributed by atoms with E-state index in [2.05, 4.69) is 26.9 Å². The van der Waals surface area contributed by atoms with Gasteiger partial charge in [-0.3, -0.25) is 20.3 Å². The fourth-order valence-corrected chi connectivity index (χ4v) is 5.84. The average molecular weight is 431 g/mol. The van der Waals surface area contributed by atoms with E-state index in [-0.39, 0.29) is 30.4 Å². The van der Waals surface area contributed by atoms with Crippen LogP contribution in [-0.2, 0) is 9.53 Å². The lowest BCUT2D eigenvalue weighted by Gasteiger charge is -2.45. The highest BCUT2D eigenvalue weighted by Crippen LogP contribution is 2.31. The van der Waals surface area contributed by atoms with E-state index in [0.29, 0.717) is 13.2 Å². The Morgan fingerprint density at radius 2 is 2.00 bits per heavy atom. The van der Waals surface area contributed by atoms with E-state index in [1.807, 2.05) is 18.2 Å². The van der Waals surface area contributed by atoms with Crippen LogP contribution in [0.4, 0.5) is 0 Å². The van der Waals surface area contributed by atoms with E-state index in [4.69, 9.17) is 15.5 Å². The lowest BCUT2D eigenvalue weighted by Crippen LogP contribution is -2.72. The van der Waals surface area contributed by atoms with Crippen LogP contribution in [0.15, 0.2) is 24.3 Å². The van der Waals surface area contributed by atoms with Crippen LogP contribution < -0.4 is 21.7 Å². The number of hydrogen-bond donors (Lipinski definition) is 4. The number of hydrogen-bond acceptors (Lipinski definition) is 8. The van der Waals surface area contributed by atoms with Gasteiger partial charge in [0.05, 0.1) is 29.6 Å². The molecule has 0 radical (unpaired) electrons. The van der Waals surface area contributed by atoms with Gasteiger partial charge in [0, 0.05) is 25.2 Å². The Morgan fingerprint density at radius 3 is 2.80 bits per heavy atom. The maximum absolute atomic E-state index is 13.3. The van der Waals surface area contributed by atoms with Crippen molar-refractivity contribution < 1.29 is 9.53 Å². The minimum Gasteiger partial charge on any atom is -0.379 e. The molecule has 2 aromatic rings. The molecule has 1 aromatic carbocycles. The number of carbonyl (C=O) groups is 1. The number of nitrogens with zero attached hydrogens (tertiary/aromatic N) is 2. The first kappa shape index (κ1) is 20.3. The number of benzene rings is 1. The van der Waals surface area contributed by atoms with Gasteiger partial charge in [-0.2, -0.15) is 0 Å². The Balaban J connectivity index is 1.42. The third-order valence-electron chi connectivity index (χ3n) is 6.43. The highest BCUT2D eigenvalue weighted by Gasteiger charge is 2.42. The third-order valence-corrected chi connectivity index (χ3v) is 7.55. The molecule has 1 aliphatic carbocycles. The molecule has 3 heterocycles. The van der Waals surface area contributed by atoms with Crippen molar-refractivity contribution in [2.24, 2.45) is 5.73 Å². The minimum atomic E-state index is -0.395. The zero-order valence-corrected chi connectivity index (χ0v) is 17.9. The number of morpholine rings is 1. The van der Waals surface area contributed by atoms with Gasteiger partial charge in [-0.15, -0.1) is 11.3 Å². The smallest absolute Gasteiger partial charge is 0.235 e. The molecule has 0 spiro atoms. The number of rotatable bonds is 4. The molecule has 5 rings (SSSR count). The van der Waals surface area contributed by atoms with E-state index in [9.17, 15) is 4.79 Å². The number of nitrogens with two attached hydrogens (primary N) is 1. The predicted molar refractivity (Wildman–Crippen MR) is 117 cm³/mol. The third kappa shape index (κ3) is 4.10. The Morgan fingerprint density at radius 1 is 1.20 bits per heavy atom. The van der Waals surface area contributed by atoms with Gasteiger partial charge in [0.15, 0.2) is 0 Å². The van der Waals surface area contributed by atoms with Gasteiger partial charge in [0.1, 0.15) is 17.2 Å². The van der Waals surface area contributed by atoms with Crippen molar-refractivity contribution in [1.82, 2.24) is 25.8 Å². The Bertz CT molecular complexity index is 852. The van der Waals surface area contributed by atoms with Gasteiger partial charge in [0.25, 0.3) is 0 Å². The summed E-state index contributed by atoms with van der Waals surface area (Å²) in [4.78, 5) is 20.4. The monoisotopic (exact) mass is 430 g/mol. The second-order valence-electron chi connectivity index (χ2n) is 8.42. The molecule has 30 heavy (non-hydrogen) atoms. The first-order valence-electron chi connectivity index (χ1n) is 10.9. The van der Waals surface area contributed by atoms with E-state index in [1.165, 1.54) is 12.8 Å². The summed E-state index contributed by atoms with van der Waals surface area (Å²) in [6, 6.07) is 8.36. The summed E-state index contributed by atoms with van der Waals surface area (Å²) in [5.74, 6) is -0.389. The SMILES string of the molecule is NC1CCCCC1NC1NC(N2CCOCC2)NC(=O)C1c1nc2ccccc2s1. The number of carbonyl (C=O) groups excluding carboxylic acids is 1. The molecule has 3 fully saturated rings. The second kappa shape index (κ2) is 8.86. The number of para-hydroxylation sites is 1. The summed E-state index contributed by atoms with van der Waals surface area (Å²) in [5, 5.41) is 11.4. The van der Waals surface area contributed by atoms with Crippen LogP contribution >= 0.6 is 11.3 Å². The van der Waals surface area contributed by atoms with Crippen molar-refractivity contribution in [3.63, 3.8) is 0 Å². The lowest BCUT2D eigenvalue weighted by atomic mass is 9.90. The van der Waals surface area contributed by atoms with Crippen LogP contribution in [0, 0.1) is 0 Å². The molecular weight excluding hydrogens is 400 g/mol. The van der Waals surface area contributed by atoms with Crippen molar-refractivity contribution in [3.05, 3.63) is 29.3 Å². The second-order valence-corrected chi connectivity index (χ2v) is 9.49. The number of nitrogens with one attached hydrogen (secondary N) is 3. The quantitative estimate of drug-likeness (QED) is 0.571. The normalized spacial score (nSPS) is 33.5. The van der Waals surface area contributed by atoms with Crippen LogP contribution in [-0.4, -0.2) is 66.6 Å². The van der Waals surface area contributed by atoms with Gasteiger partial charge >= 0.3 is 0 Å². The molecule has 0 bridgehead atoms. The molecule has 2 saturated heterocycles. The Labute approximate surface area is 180 Å². The molecule has 5 atom stereocenters. The van der Waals surface area contributed by atoms with Crippen LogP contribution in [0.3, 0.4) is 0 Å². The molecule has 162 valence electrons. The van der Waals surface area contributed by atoms with Crippen LogP contribution in [0.2, 0.25) is 0 Å². The fraction of sp³-hybridized carbons (Fsp3) is 0.619. The maximum Gasteiger partial charge on any atom is 0.235 e. The molecular formula is C21H30N6O2S. The van der Waals surface area contributed by atoms with E-state index < -0.39 is 5.92 Å². The molecule has 2 aliphatic heterocycles. The van der Waals surface area contributed by atoms with Gasteiger partial charge < -0.3 is 15.8 Å².